The van der Waals surface area contributed by atoms with Gasteiger partial charge < -0.3 is 9.84 Å². The molecule has 2 heteroatoms. The van der Waals surface area contributed by atoms with Crippen molar-refractivity contribution >= 4 is 5.76 Å². The van der Waals surface area contributed by atoms with Crippen LogP contribution in [0.15, 0.2) is 78.6 Å². The molecule has 0 aliphatic carbocycles. The molecule has 94 valence electrons. The SMILES string of the molecule is OC1=CC(c2ccccc2)OC(c2ccccc2)=C1. The number of hydrogen-bond donors (Lipinski definition) is 1. The molecule has 19 heavy (non-hydrogen) atoms. The zero-order chi connectivity index (χ0) is 13.1. The number of rotatable bonds is 2. The van der Waals surface area contributed by atoms with Crippen LogP contribution >= 0.6 is 0 Å². The van der Waals surface area contributed by atoms with Crippen LogP contribution in [0.2, 0.25) is 0 Å². The molecule has 2 aromatic carbocycles. The first-order valence-electron chi connectivity index (χ1n) is 6.22. The van der Waals surface area contributed by atoms with Crippen molar-refractivity contribution < 1.29 is 9.84 Å². The van der Waals surface area contributed by atoms with Crippen LogP contribution in [-0.4, -0.2) is 5.11 Å². The Labute approximate surface area is 112 Å². The normalized spacial score (nSPS) is 18.2. The molecule has 1 aliphatic heterocycles. The highest BCUT2D eigenvalue weighted by atomic mass is 16.5. The first kappa shape index (κ1) is 11.6. The van der Waals surface area contributed by atoms with E-state index < -0.39 is 0 Å². The summed E-state index contributed by atoms with van der Waals surface area (Å²) >= 11 is 0. The average Bonchev–Trinajstić information content (AvgIpc) is 2.48. The Bertz CT molecular complexity index is 612. The topological polar surface area (TPSA) is 29.5 Å². The molecule has 2 aromatic rings. The first-order valence-corrected chi connectivity index (χ1v) is 6.22. The Morgan fingerprint density at radius 2 is 1.47 bits per heavy atom. The van der Waals surface area contributed by atoms with Gasteiger partial charge in [-0.2, -0.15) is 0 Å². The summed E-state index contributed by atoms with van der Waals surface area (Å²) in [7, 11) is 0. The minimum atomic E-state index is -0.249. The molecule has 0 saturated heterocycles. The summed E-state index contributed by atoms with van der Waals surface area (Å²) < 4.78 is 5.95. The summed E-state index contributed by atoms with van der Waals surface area (Å²) in [5, 5.41) is 9.88. The van der Waals surface area contributed by atoms with Crippen molar-refractivity contribution in [2.24, 2.45) is 0 Å². The van der Waals surface area contributed by atoms with E-state index in [-0.39, 0.29) is 11.9 Å². The molecule has 0 bridgehead atoms. The largest absolute Gasteiger partial charge is 0.508 e. The Morgan fingerprint density at radius 3 is 2.16 bits per heavy atom. The second-order valence-corrected chi connectivity index (χ2v) is 4.42. The number of hydrogen-bond acceptors (Lipinski definition) is 2. The van der Waals surface area contributed by atoms with Crippen molar-refractivity contribution in [2.45, 2.75) is 6.10 Å². The molecular formula is C17H14O2. The number of aliphatic hydroxyl groups excluding tert-OH is 1. The van der Waals surface area contributed by atoms with Crippen LogP contribution in [0, 0.1) is 0 Å². The van der Waals surface area contributed by atoms with Gasteiger partial charge in [0.25, 0.3) is 0 Å². The van der Waals surface area contributed by atoms with Gasteiger partial charge in [-0.1, -0.05) is 60.7 Å². The quantitative estimate of drug-likeness (QED) is 0.863. The molecule has 3 rings (SSSR count). The smallest absolute Gasteiger partial charge is 0.146 e. The van der Waals surface area contributed by atoms with Crippen LogP contribution < -0.4 is 0 Å². The van der Waals surface area contributed by atoms with E-state index in [0.717, 1.165) is 11.1 Å². The van der Waals surface area contributed by atoms with Crippen LogP contribution in [-0.2, 0) is 4.74 Å². The van der Waals surface area contributed by atoms with Gasteiger partial charge in [-0.05, 0) is 5.56 Å². The molecule has 0 aromatic heterocycles. The van der Waals surface area contributed by atoms with Gasteiger partial charge in [0.15, 0.2) is 0 Å². The van der Waals surface area contributed by atoms with Gasteiger partial charge in [-0.25, -0.2) is 0 Å². The lowest BCUT2D eigenvalue weighted by atomic mass is 10.1. The van der Waals surface area contributed by atoms with Crippen molar-refractivity contribution in [1.82, 2.24) is 0 Å². The van der Waals surface area contributed by atoms with Crippen LogP contribution in [0.4, 0.5) is 0 Å². The molecule has 0 saturated carbocycles. The van der Waals surface area contributed by atoms with Gasteiger partial charge in [-0.3, -0.25) is 0 Å². The number of benzene rings is 2. The molecule has 1 unspecified atom stereocenters. The highest BCUT2D eigenvalue weighted by Gasteiger charge is 2.18. The first-order chi connectivity index (χ1) is 9.33. The molecular weight excluding hydrogens is 236 g/mol. The molecule has 0 radical (unpaired) electrons. The van der Waals surface area contributed by atoms with E-state index in [9.17, 15) is 5.11 Å². The maximum absolute atomic E-state index is 9.88. The summed E-state index contributed by atoms with van der Waals surface area (Å²) in [6.07, 6.45) is 3.11. The second kappa shape index (κ2) is 5.02. The molecule has 1 atom stereocenters. The standard InChI is InChI=1S/C17H14O2/c18-15-11-16(13-7-3-1-4-8-13)19-17(12-15)14-9-5-2-6-10-14/h1-12,16,18H. The minimum Gasteiger partial charge on any atom is -0.508 e. The van der Waals surface area contributed by atoms with E-state index in [1.807, 2.05) is 60.7 Å². The second-order valence-electron chi connectivity index (χ2n) is 4.42. The molecule has 1 heterocycles. The summed E-state index contributed by atoms with van der Waals surface area (Å²) in [6.45, 7) is 0. The van der Waals surface area contributed by atoms with Gasteiger partial charge in [-0.15, -0.1) is 0 Å². The fourth-order valence-corrected chi connectivity index (χ4v) is 2.10. The zero-order valence-corrected chi connectivity index (χ0v) is 10.4. The summed E-state index contributed by atoms with van der Waals surface area (Å²) in [4.78, 5) is 0. The predicted molar refractivity (Wildman–Crippen MR) is 75.4 cm³/mol. The van der Waals surface area contributed by atoms with E-state index in [2.05, 4.69) is 0 Å². The monoisotopic (exact) mass is 250 g/mol. The summed E-state index contributed by atoms with van der Waals surface area (Å²) in [5.41, 5.74) is 1.98. The predicted octanol–water partition coefficient (Wildman–Crippen LogP) is 4.24. The lowest BCUT2D eigenvalue weighted by Crippen LogP contribution is -2.06. The van der Waals surface area contributed by atoms with Crippen molar-refractivity contribution in [3.63, 3.8) is 0 Å². The van der Waals surface area contributed by atoms with Crippen LogP contribution in [0.3, 0.4) is 0 Å². The fraction of sp³-hybridized carbons (Fsp3) is 0.0588. The number of allylic oxidation sites excluding steroid dienone is 1. The molecule has 1 aliphatic rings. The van der Waals surface area contributed by atoms with Gasteiger partial charge in [0.1, 0.15) is 17.6 Å². The lowest BCUT2D eigenvalue weighted by molar-refractivity contribution is 0.202. The van der Waals surface area contributed by atoms with Crippen LogP contribution in [0.25, 0.3) is 5.76 Å². The number of aliphatic hydroxyl groups is 1. The Hall–Kier alpha value is -2.48. The Kier molecular flexibility index (Phi) is 3.07. The third kappa shape index (κ3) is 2.52. The maximum Gasteiger partial charge on any atom is 0.146 e. The lowest BCUT2D eigenvalue weighted by Gasteiger charge is -2.22. The van der Waals surface area contributed by atoms with Gasteiger partial charge in [0.2, 0.25) is 0 Å². The number of ether oxygens (including phenoxy) is 1. The third-order valence-corrected chi connectivity index (χ3v) is 3.04. The van der Waals surface area contributed by atoms with Crippen LogP contribution in [0.1, 0.15) is 17.2 Å². The van der Waals surface area contributed by atoms with Crippen molar-refractivity contribution in [3.8, 4) is 0 Å². The fourth-order valence-electron chi connectivity index (χ4n) is 2.10. The Balaban J connectivity index is 1.92. The summed E-state index contributed by atoms with van der Waals surface area (Å²) in [6, 6.07) is 19.7. The van der Waals surface area contributed by atoms with E-state index in [4.69, 9.17) is 4.74 Å². The highest BCUT2D eigenvalue weighted by molar-refractivity contribution is 5.63. The zero-order valence-electron chi connectivity index (χ0n) is 10.4. The van der Waals surface area contributed by atoms with Crippen molar-refractivity contribution in [3.05, 3.63) is 89.7 Å². The van der Waals surface area contributed by atoms with E-state index in [1.165, 1.54) is 0 Å². The van der Waals surface area contributed by atoms with Gasteiger partial charge in [0, 0.05) is 17.7 Å². The Morgan fingerprint density at radius 1 is 0.842 bits per heavy atom. The molecule has 2 nitrogen and oxygen atoms in total. The van der Waals surface area contributed by atoms with Gasteiger partial charge >= 0.3 is 0 Å². The molecule has 0 spiro atoms. The average molecular weight is 250 g/mol. The van der Waals surface area contributed by atoms with E-state index >= 15 is 0 Å². The molecule has 0 amide bonds. The maximum atomic E-state index is 9.88. The molecule has 0 fully saturated rings. The van der Waals surface area contributed by atoms with Gasteiger partial charge in [0.05, 0.1) is 0 Å². The summed E-state index contributed by atoms with van der Waals surface area (Å²) in [5.74, 6) is 0.924. The minimum absolute atomic E-state index is 0.235. The third-order valence-electron chi connectivity index (χ3n) is 3.04. The van der Waals surface area contributed by atoms with Crippen LogP contribution in [0.5, 0.6) is 0 Å². The van der Waals surface area contributed by atoms with E-state index in [1.54, 1.807) is 12.2 Å². The van der Waals surface area contributed by atoms with E-state index in [0.29, 0.717) is 5.76 Å². The van der Waals surface area contributed by atoms with Crippen molar-refractivity contribution in [2.75, 3.05) is 0 Å². The van der Waals surface area contributed by atoms with Crippen molar-refractivity contribution in [1.29, 1.82) is 0 Å². The molecule has 1 N–H and O–H groups in total. The highest BCUT2D eigenvalue weighted by Crippen LogP contribution is 2.32.